The molecule has 2 aromatic heterocycles. The first-order valence-corrected chi connectivity index (χ1v) is 7.84. The molecule has 0 saturated heterocycles. The Morgan fingerprint density at radius 3 is 2.87 bits per heavy atom. The molecule has 1 N–H and O–H groups in total. The number of rotatable bonds is 5. The summed E-state index contributed by atoms with van der Waals surface area (Å²) < 4.78 is 0. The molecule has 3 rings (SSSR count). The predicted molar refractivity (Wildman–Crippen MR) is 92.3 cm³/mol. The van der Waals surface area contributed by atoms with E-state index in [0.717, 1.165) is 23.2 Å². The topological polar surface area (TPSA) is 49.0 Å². The summed E-state index contributed by atoms with van der Waals surface area (Å²) in [6.07, 6.45) is 4.92. The highest BCUT2D eigenvalue weighted by atomic mass is 16.2. The van der Waals surface area contributed by atoms with Crippen molar-refractivity contribution in [3.05, 3.63) is 65.6 Å². The Balaban J connectivity index is 1.66. The lowest BCUT2D eigenvalue weighted by molar-refractivity contribution is -0.129. The van der Waals surface area contributed by atoms with Gasteiger partial charge in [0.25, 0.3) is 0 Å². The fraction of sp³-hybridized carbons (Fsp3) is 0.263. The van der Waals surface area contributed by atoms with Gasteiger partial charge >= 0.3 is 0 Å². The number of likely N-dealkylation sites (N-methyl/N-ethyl adjacent to an activating group) is 1. The SMILES string of the molecule is Cc1cccc2[nH]cc(CC(=O)N(C)CCc3ccccn3)c12. The van der Waals surface area contributed by atoms with Crippen LogP contribution in [0.2, 0.25) is 0 Å². The number of carbonyl (C=O) groups excluding carboxylic acids is 1. The number of pyridine rings is 1. The average Bonchev–Trinajstić information content (AvgIpc) is 2.98. The third-order valence-corrected chi connectivity index (χ3v) is 4.19. The lowest BCUT2D eigenvalue weighted by atomic mass is 10.0. The molecule has 0 radical (unpaired) electrons. The second kappa shape index (κ2) is 6.65. The van der Waals surface area contributed by atoms with Gasteiger partial charge in [0, 0.05) is 49.0 Å². The summed E-state index contributed by atoms with van der Waals surface area (Å²) in [4.78, 5) is 21.8. The molecule has 0 spiro atoms. The van der Waals surface area contributed by atoms with Crippen LogP contribution in [-0.4, -0.2) is 34.4 Å². The van der Waals surface area contributed by atoms with E-state index in [-0.39, 0.29) is 5.91 Å². The molecule has 0 aliphatic rings. The largest absolute Gasteiger partial charge is 0.361 e. The van der Waals surface area contributed by atoms with Crippen molar-refractivity contribution >= 4 is 16.8 Å². The summed E-state index contributed by atoms with van der Waals surface area (Å²) in [5.41, 5.74) is 4.36. The van der Waals surface area contributed by atoms with Gasteiger partial charge in [-0.1, -0.05) is 18.2 Å². The van der Waals surface area contributed by atoms with Gasteiger partial charge in [-0.15, -0.1) is 0 Å². The van der Waals surface area contributed by atoms with Crippen LogP contribution in [0.15, 0.2) is 48.8 Å². The first-order valence-electron chi connectivity index (χ1n) is 7.84. The lowest BCUT2D eigenvalue weighted by Crippen LogP contribution is -2.30. The Kier molecular flexibility index (Phi) is 4.42. The van der Waals surface area contributed by atoms with E-state index >= 15 is 0 Å². The third-order valence-electron chi connectivity index (χ3n) is 4.19. The van der Waals surface area contributed by atoms with Gasteiger partial charge in [0.05, 0.1) is 6.42 Å². The fourth-order valence-electron chi connectivity index (χ4n) is 2.84. The van der Waals surface area contributed by atoms with Crippen LogP contribution in [0.25, 0.3) is 10.9 Å². The van der Waals surface area contributed by atoms with Gasteiger partial charge in [-0.3, -0.25) is 9.78 Å². The van der Waals surface area contributed by atoms with Gasteiger partial charge in [0.15, 0.2) is 0 Å². The number of carbonyl (C=O) groups is 1. The van der Waals surface area contributed by atoms with Crippen LogP contribution >= 0.6 is 0 Å². The molecule has 0 saturated carbocycles. The molecule has 0 fully saturated rings. The molecule has 1 amide bonds. The maximum atomic E-state index is 12.5. The van der Waals surface area contributed by atoms with Crippen LogP contribution in [-0.2, 0) is 17.6 Å². The minimum Gasteiger partial charge on any atom is -0.361 e. The van der Waals surface area contributed by atoms with E-state index in [9.17, 15) is 4.79 Å². The molecule has 4 nitrogen and oxygen atoms in total. The highest BCUT2D eigenvalue weighted by Crippen LogP contribution is 2.22. The number of aromatic nitrogens is 2. The van der Waals surface area contributed by atoms with Crippen molar-refractivity contribution in [1.82, 2.24) is 14.9 Å². The molecule has 4 heteroatoms. The van der Waals surface area contributed by atoms with Crippen LogP contribution in [0.3, 0.4) is 0 Å². The number of hydrogen-bond donors (Lipinski definition) is 1. The zero-order chi connectivity index (χ0) is 16.2. The number of aryl methyl sites for hydroxylation is 1. The van der Waals surface area contributed by atoms with E-state index in [2.05, 4.69) is 23.0 Å². The van der Waals surface area contributed by atoms with E-state index < -0.39 is 0 Å². The van der Waals surface area contributed by atoms with Crippen LogP contribution in [0, 0.1) is 6.92 Å². The van der Waals surface area contributed by atoms with Gasteiger partial charge in [-0.05, 0) is 36.2 Å². The van der Waals surface area contributed by atoms with Crippen molar-refractivity contribution in [2.24, 2.45) is 0 Å². The quantitative estimate of drug-likeness (QED) is 0.787. The summed E-state index contributed by atoms with van der Waals surface area (Å²) >= 11 is 0. The Morgan fingerprint density at radius 2 is 2.09 bits per heavy atom. The second-order valence-corrected chi connectivity index (χ2v) is 5.87. The smallest absolute Gasteiger partial charge is 0.226 e. The van der Waals surface area contributed by atoms with Crippen LogP contribution in [0.4, 0.5) is 0 Å². The van der Waals surface area contributed by atoms with E-state index in [1.165, 1.54) is 10.9 Å². The molecule has 0 unspecified atom stereocenters. The molecule has 2 heterocycles. The standard InChI is InChI=1S/C19H21N3O/c1-14-6-5-8-17-19(14)15(13-21-17)12-18(23)22(2)11-9-16-7-3-4-10-20-16/h3-8,10,13,21H,9,11-12H2,1-2H3. The first-order chi connectivity index (χ1) is 11.1. The van der Waals surface area contributed by atoms with Gasteiger partial charge in [-0.25, -0.2) is 0 Å². The zero-order valence-corrected chi connectivity index (χ0v) is 13.5. The predicted octanol–water partition coefficient (Wildman–Crippen LogP) is 3.11. The highest BCUT2D eigenvalue weighted by Gasteiger charge is 2.14. The number of nitrogens with one attached hydrogen (secondary N) is 1. The average molecular weight is 307 g/mol. The summed E-state index contributed by atoms with van der Waals surface area (Å²) in [7, 11) is 1.85. The molecule has 1 aromatic carbocycles. The molecule has 0 aliphatic carbocycles. The van der Waals surface area contributed by atoms with E-state index in [0.29, 0.717) is 13.0 Å². The monoisotopic (exact) mass is 307 g/mol. The number of fused-ring (bicyclic) bond motifs is 1. The zero-order valence-electron chi connectivity index (χ0n) is 13.5. The van der Waals surface area contributed by atoms with Gasteiger partial charge in [-0.2, -0.15) is 0 Å². The Hall–Kier alpha value is -2.62. The number of H-pyrrole nitrogens is 1. The van der Waals surface area contributed by atoms with E-state index in [4.69, 9.17) is 0 Å². The number of benzene rings is 1. The fourth-order valence-corrected chi connectivity index (χ4v) is 2.84. The van der Waals surface area contributed by atoms with Crippen LogP contribution < -0.4 is 0 Å². The molecule has 3 aromatic rings. The molecule has 0 aliphatic heterocycles. The maximum absolute atomic E-state index is 12.5. The van der Waals surface area contributed by atoms with Crippen LogP contribution in [0.1, 0.15) is 16.8 Å². The van der Waals surface area contributed by atoms with Gasteiger partial charge in [0.2, 0.25) is 5.91 Å². The Bertz CT molecular complexity index is 808. The van der Waals surface area contributed by atoms with Gasteiger partial charge < -0.3 is 9.88 Å². The molecule has 0 bridgehead atoms. The first kappa shape index (κ1) is 15.3. The van der Waals surface area contributed by atoms with Crippen molar-refractivity contribution in [2.75, 3.05) is 13.6 Å². The van der Waals surface area contributed by atoms with Crippen molar-refractivity contribution in [3.8, 4) is 0 Å². The lowest BCUT2D eigenvalue weighted by Gasteiger charge is -2.17. The minimum atomic E-state index is 0.130. The van der Waals surface area contributed by atoms with Crippen molar-refractivity contribution in [2.45, 2.75) is 19.8 Å². The minimum absolute atomic E-state index is 0.130. The van der Waals surface area contributed by atoms with Crippen molar-refractivity contribution in [3.63, 3.8) is 0 Å². The number of hydrogen-bond acceptors (Lipinski definition) is 2. The molecule has 118 valence electrons. The van der Waals surface area contributed by atoms with E-state index in [1.807, 2.05) is 43.6 Å². The molecule has 0 atom stereocenters. The number of nitrogens with zero attached hydrogens (tertiary/aromatic N) is 2. The normalized spacial score (nSPS) is 10.9. The van der Waals surface area contributed by atoms with Crippen molar-refractivity contribution in [1.29, 1.82) is 0 Å². The maximum Gasteiger partial charge on any atom is 0.226 e. The number of aromatic amines is 1. The second-order valence-electron chi connectivity index (χ2n) is 5.87. The van der Waals surface area contributed by atoms with E-state index in [1.54, 1.807) is 11.1 Å². The number of amides is 1. The summed E-state index contributed by atoms with van der Waals surface area (Å²) in [5.74, 6) is 0.130. The molecular weight excluding hydrogens is 286 g/mol. The van der Waals surface area contributed by atoms with Crippen LogP contribution in [0.5, 0.6) is 0 Å². The Labute approximate surface area is 136 Å². The molecule has 23 heavy (non-hydrogen) atoms. The molecular formula is C19H21N3O. The summed E-state index contributed by atoms with van der Waals surface area (Å²) in [6.45, 7) is 2.76. The third kappa shape index (κ3) is 3.42. The highest BCUT2D eigenvalue weighted by molar-refractivity contribution is 5.90. The summed E-state index contributed by atoms with van der Waals surface area (Å²) in [6, 6.07) is 12.0. The Morgan fingerprint density at radius 1 is 1.22 bits per heavy atom. The summed E-state index contributed by atoms with van der Waals surface area (Å²) in [5, 5.41) is 1.17. The van der Waals surface area contributed by atoms with Gasteiger partial charge in [0.1, 0.15) is 0 Å². The van der Waals surface area contributed by atoms with Crippen molar-refractivity contribution < 1.29 is 4.79 Å².